The Labute approximate surface area is 175 Å². The van der Waals surface area contributed by atoms with Crippen molar-refractivity contribution in [3.8, 4) is 5.69 Å². The van der Waals surface area contributed by atoms with Gasteiger partial charge in [0.1, 0.15) is 23.0 Å². The maximum absolute atomic E-state index is 12.2. The SMILES string of the molecule is CCOC(=O)c1c(C)oc2nc(CSc3nnnn3-c3ccc(C)cc3)nc(N)c12. The van der Waals surface area contributed by atoms with Crippen molar-refractivity contribution < 1.29 is 13.9 Å². The number of carbonyl (C=O) groups excluding carboxylic acids is 1. The van der Waals surface area contributed by atoms with E-state index in [0.717, 1.165) is 11.3 Å². The number of thioether (sulfide) groups is 1. The molecule has 11 heteroatoms. The maximum Gasteiger partial charge on any atom is 0.342 e. The van der Waals surface area contributed by atoms with Gasteiger partial charge in [0.05, 0.1) is 23.4 Å². The molecule has 0 radical (unpaired) electrons. The molecule has 0 saturated carbocycles. The molecule has 0 unspecified atom stereocenters. The number of anilines is 1. The van der Waals surface area contributed by atoms with Crippen molar-refractivity contribution in [3.63, 3.8) is 0 Å². The number of fused-ring (bicyclic) bond motifs is 1. The number of ether oxygens (including phenoxy) is 1. The Morgan fingerprint density at radius 1 is 1.23 bits per heavy atom. The van der Waals surface area contributed by atoms with Gasteiger partial charge in [-0.15, -0.1) is 5.10 Å². The number of esters is 1. The van der Waals surface area contributed by atoms with Gasteiger partial charge in [0.2, 0.25) is 10.9 Å². The van der Waals surface area contributed by atoms with Crippen LogP contribution in [0.1, 0.15) is 34.4 Å². The molecule has 4 aromatic rings. The van der Waals surface area contributed by atoms with Crippen molar-refractivity contribution >= 4 is 34.6 Å². The summed E-state index contributed by atoms with van der Waals surface area (Å²) >= 11 is 1.36. The highest BCUT2D eigenvalue weighted by atomic mass is 32.2. The molecule has 0 spiro atoms. The number of nitrogens with zero attached hydrogens (tertiary/aromatic N) is 6. The largest absolute Gasteiger partial charge is 0.462 e. The van der Waals surface area contributed by atoms with E-state index in [1.165, 1.54) is 11.8 Å². The molecule has 154 valence electrons. The van der Waals surface area contributed by atoms with Gasteiger partial charge in [-0.25, -0.2) is 9.78 Å². The molecule has 10 nitrogen and oxygen atoms in total. The van der Waals surface area contributed by atoms with Crippen molar-refractivity contribution in [2.75, 3.05) is 12.3 Å². The highest BCUT2D eigenvalue weighted by Gasteiger charge is 2.24. The molecule has 0 aliphatic heterocycles. The van der Waals surface area contributed by atoms with Crippen LogP contribution < -0.4 is 5.73 Å². The number of aromatic nitrogens is 6. The van der Waals surface area contributed by atoms with E-state index in [1.807, 2.05) is 31.2 Å². The lowest BCUT2D eigenvalue weighted by molar-refractivity contribution is 0.0526. The zero-order valence-electron chi connectivity index (χ0n) is 16.6. The minimum Gasteiger partial charge on any atom is -0.462 e. The van der Waals surface area contributed by atoms with Gasteiger partial charge in [0, 0.05) is 0 Å². The first-order valence-corrected chi connectivity index (χ1v) is 10.2. The second-order valence-corrected chi connectivity index (χ2v) is 7.40. The van der Waals surface area contributed by atoms with Crippen LogP contribution in [0, 0.1) is 13.8 Å². The summed E-state index contributed by atoms with van der Waals surface area (Å²) in [7, 11) is 0. The predicted octanol–water partition coefficient (Wildman–Crippen LogP) is 2.87. The molecule has 1 aromatic carbocycles. The van der Waals surface area contributed by atoms with Crippen LogP contribution in [0.5, 0.6) is 0 Å². The highest BCUT2D eigenvalue weighted by Crippen LogP contribution is 2.30. The van der Waals surface area contributed by atoms with Crippen molar-refractivity contribution in [2.45, 2.75) is 31.7 Å². The summed E-state index contributed by atoms with van der Waals surface area (Å²) in [6.45, 7) is 5.66. The minimum atomic E-state index is -0.511. The fourth-order valence-corrected chi connectivity index (χ4v) is 3.69. The number of hydrogen-bond donors (Lipinski definition) is 1. The number of tetrazole rings is 1. The minimum absolute atomic E-state index is 0.161. The lowest BCUT2D eigenvalue weighted by Crippen LogP contribution is -2.07. The van der Waals surface area contributed by atoms with Crippen LogP contribution in [0.4, 0.5) is 5.82 Å². The van der Waals surface area contributed by atoms with Crippen molar-refractivity contribution in [1.82, 2.24) is 30.2 Å². The Bertz CT molecular complexity index is 1220. The quantitative estimate of drug-likeness (QED) is 0.363. The number of benzene rings is 1. The maximum atomic E-state index is 12.2. The van der Waals surface area contributed by atoms with E-state index in [-0.39, 0.29) is 23.7 Å². The van der Waals surface area contributed by atoms with E-state index in [4.69, 9.17) is 14.9 Å². The normalized spacial score (nSPS) is 11.2. The molecule has 0 atom stereocenters. The Morgan fingerprint density at radius 2 is 2.00 bits per heavy atom. The molecule has 0 amide bonds. The Balaban J connectivity index is 1.60. The molecule has 0 bridgehead atoms. The molecule has 4 rings (SSSR count). The second kappa shape index (κ2) is 8.11. The Hall–Kier alpha value is -3.47. The summed E-state index contributed by atoms with van der Waals surface area (Å²) in [5.41, 5.74) is 8.62. The van der Waals surface area contributed by atoms with E-state index >= 15 is 0 Å². The summed E-state index contributed by atoms with van der Waals surface area (Å²) in [6, 6.07) is 7.87. The lowest BCUT2D eigenvalue weighted by atomic mass is 10.2. The first-order valence-electron chi connectivity index (χ1n) is 9.18. The van der Waals surface area contributed by atoms with Gasteiger partial charge < -0.3 is 14.9 Å². The summed E-state index contributed by atoms with van der Waals surface area (Å²) in [6.07, 6.45) is 0. The second-order valence-electron chi connectivity index (χ2n) is 6.46. The number of hydrogen-bond acceptors (Lipinski definition) is 10. The number of nitrogen functional groups attached to an aromatic ring is 1. The van der Waals surface area contributed by atoms with Gasteiger partial charge in [-0.05, 0) is 43.3 Å². The smallest absolute Gasteiger partial charge is 0.342 e. The van der Waals surface area contributed by atoms with E-state index < -0.39 is 5.97 Å². The van der Waals surface area contributed by atoms with Gasteiger partial charge in [-0.1, -0.05) is 29.5 Å². The molecule has 0 fully saturated rings. The number of furan rings is 1. The number of aryl methyl sites for hydroxylation is 2. The molecule has 0 aliphatic carbocycles. The van der Waals surface area contributed by atoms with Crippen LogP contribution in [0.2, 0.25) is 0 Å². The first kappa shape index (κ1) is 19.8. The Kier molecular flexibility index (Phi) is 5.36. The van der Waals surface area contributed by atoms with E-state index in [0.29, 0.717) is 27.9 Å². The van der Waals surface area contributed by atoms with Crippen molar-refractivity contribution in [3.05, 3.63) is 47.0 Å². The average Bonchev–Trinajstić information content (AvgIpc) is 3.31. The van der Waals surface area contributed by atoms with Gasteiger partial charge in [0.25, 0.3) is 0 Å². The standard InChI is InChI=1S/C19H19N7O3S/c1-4-28-18(27)14-11(3)29-17-15(14)16(20)21-13(22-17)9-30-19-23-24-25-26(19)12-7-5-10(2)6-8-12/h5-8H,4,9H2,1-3H3,(H2,20,21,22). The van der Waals surface area contributed by atoms with E-state index in [2.05, 4.69) is 25.5 Å². The summed E-state index contributed by atoms with van der Waals surface area (Å²) in [4.78, 5) is 21.0. The monoisotopic (exact) mass is 425 g/mol. The molecule has 30 heavy (non-hydrogen) atoms. The third kappa shape index (κ3) is 3.71. The molecule has 3 heterocycles. The van der Waals surface area contributed by atoms with E-state index in [9.17, 15) is 4.79 Å². The van der Waals surface area contributed by atoms with Crippen LogP contribution in [0.3, 0.4) is 0 Å². The van der Waals surface area contributed by atoms with Crippen LogP contribution in [0.25, 0.3) is 16.8 Å². The fourth-order valence-electron chi connectivity index (χ4n) is 2.94. The summed E-state index contributed by atoms with van der Waals surface area (Å²) in [5.74, 6) is 0.836. The van der Waals surface area contributed by atoms with Gasteiger partial charge in [-0.2, -0.15) is 9.67 Å². The molecule has 0 saturated heterocycles. The third-order valence-corrected chi connectivity index (χ3v) is 5.25. The van der Waals surface area contributed by atoms with Crippen LogP contribution in [-0.4, -0.2) is 42.8 Å². The predicted molar refractivity (Wildman–Crippen MR) is 110 cm³/mol. The number of carbonyl (C=O) groups is 1. The first-order chi connectivity index (χ1) is 14.5. The number of rotatable bonds is 6. The van der Waals surface area contributed by atoms with Gasteiger partial charge >= 0.3 is 5.97 Å². The summed E-state index contributed by atoms with van der Waals surface area (Å²) < 4.78 is 12.4. The van der Waals surface area contributed by atoms with Crippen molar-refractivity contribution in [2.24, 2.45) is 0 Å². The number of nitrogens with two attached hydrogens (primary N) is 1. The molecule has 2 N–H and O–H groups in total. The molecular weight excluding hydrogens is 406 g/mol. The average molecular weight is 425 g/mol. The fraction of sp³-hybridized carbons (Fsp3) is 0.263. The van der Waals surface area contributed by atoms with Crippen LogP contribution in [0.15, 0.2) is 33.8 Å². The lowest BCUT2D eigenvalue weighted by Gasteiger charge is -2.05. The topological polar surface area (TPSA) is 135 Å². The molecule has 0 aliphatic rings. The summed E-state index contributed by atoms with van der Waals surface area (Å²) in [5, 5.41) is 12.8. The van der Waals surface area contributed by atoms with Crippen LogP contribution in [-0.2, 0) is 10.5 Å². The zero-order chi connectivity index (χ0) is 21.3. The third-order valence-electron chi connectivity index (χ3n) is 4.33. The van der Waals surface area contributed by atoms with E-state index in [1.54, 1.807) is 18.5 Å². The van der Waals surface area contributed by atoms with Gasteiger partial charge in [0.15, 0.2) is 0 Å². The zero-order valence-corrected chi connectivity index (χ0v) is 17.4. The van der Waals surface area contributed by atoms with Gasteiger partial charge in [-0.3, -0.25) is 0 Å². The molecular formula is C19H19N7O3S. The highest BCUT2D eigenvalue weighted by molar-refractivity contribution is 7.98. The van der Waals surface area contributed by atoms with Crippen molar-refractivity contribution in [1.29, 1.82) is 0 Å². The Morgan fingerprint density at radius 3 is 2.73 bits per heavy atom. The molecule has 3 aromatic heterocycles. The van der Waals surface area contributed by atoms with Crippen LogP contribution >= 0.6 is 11.8 Å².